The molecule has 0 aliphatic carbocycles. The Balaban J connectivity index is 2.74. The summed E-state index contributed by atoms with van der Waals surface area (Å²) in [6.07, 6.45) is 8.48. The molecule has 33 nitrogen and oxygen atoms in total. The second-order valence-corrected chi connectivity index (χ2v) is 31.0. The van der Waals surface area contributed by atoms with Crippen LogP contribution in [0.2, 0.25) is 0 Å². The minimum absolute atomic E-state index is 0.0175. The largest absolute Gasteiger partial charge is 0.382 e. The van der Waals surface area contributed by atoms with Crippen LogP contribution in [0.15, 0.2) is 11.6 Å². The number of likely N-dealkylation sites (tertiary alicyclic amines) is 1. The molecule has 1 saturated heterocycles. The highest BCUT2D eigenvalue weighted by Gasteiger charge is 2.41. The molecule has 33 heteroatoms. The molecule has 0 unspecified atom stereocenters. The maximum absolute atomic E-state index is 14.5. The third kappa shape index (κ3) is 50.3. The van der Waals surface area contributed by atoms with E-state index in [9.17, 15) is 47.9 Å². The van der Waals surface area contributed by atoms with E-state index < -0.39 is 94.1 Å². The summed E-state index contributed by atoms with van der Waals surface area (Å²) in [7, 11) is 5.42. The molecule has 1 fully saturated rings. The van der Waals surface area contributed by atoms with Gasteiger partial charge in [0, 0.05) is 39.2 Å². The fourth-order valence-electron chi connectivity index (χ4n) is 11.4. The predicted molar refractivity (Wildman–Crippen MR) is 425 cm³/mol. The van der Waals surface area contributed by atoms with Gasteiger partial charge in [-0.2, -0.15) is 0 Å². The Labute approximate surface area is 668 Å². The second kappa shape index (κ2) is 61.3. The normalized spacial score (nSPS) is 14.6. The van der Waals surface area contributed by atoms with Gasteiger partial charge in [-0.1, -0.05) is 84.8 Å². The first kappa shape index (κ1) is 104. The van der Waals surface area contributed by atoms with E-state index in [2.05, 4.69) is 54.8 Å². The smallest absolute Gasteiger partial charge is 0.247 e. The number of carbonyl (C=O) groups is 10. The molecular weight excluding hydrogens is 1450 g/mol. The zero-order valence-electron chi connectivity index (χ0n) is 71.1. The minimum atomic E-state index is -1.69. The number of amides is 10. The molecule has 0 aromatic carbocycles. The fraction of sp³-hybridized carbons (Fsp3) is 0.848. The van der Waals surface area contributed by atoms with Gasteiger partial charge in [0.05, 0.1) is 158 Å². The van der Waals surface area contributed by atoms with Gasteiger partial charge in [0.2, 0.25) is 59.1 Å². The van der Waals surface area contributed by atoms with Gasteiger partial charge in [0.25, 0.3) is 0 Å². The van der Waals surface area contributed by atoms with Gasteiger partial charge in [0.1, 0.15) is 46.8 Å². The van der Waals surface area contributed by atoms with Crippen molar-refractivity contribution >= 4 is 59.1 Å². The average molecular weight is 1600 g/mol. The van der Waals surface area contributed by atoms with Crippen molar-refractivity contribution in [3.63, 3.8) is 0 Å². The lowest BCUT2D eigenvalue weighted by molar-refractivity contribution is -0.140. The molecule has 9 N–H and O–H groups in total. The number of hydrogen-bond donors (Lipinski definition) is 9. The van der Waals surface area contributed by atoms with Crippen molar-refractivity contribution in [3.05, 3.63) is 11.6 Å². The van der Waals surface area contributed by atoms with Crippen LogP contribution >= 0.6 is 0 Å². The predicted octanol–water partition coefficient (Wildman–Crippen LogP) is 3.20. The molecule has 6 atom stereocenters. The summed E-state index contributed by atoms with van der Waals surface area (Å²) in [5, 5.41) is 25.1. The van der Waals surface area contributed by atoms with Gasteiger partial charge in [-0.25, -0.2) is 0 Å². The van der Waals surface area contributed by atoms with Crippen molar-refractivity contribution in [2.75, 3.05) is 193 Å². The number of nitrogens with one attached hydrogen (secondary N) is 9. The van der Waals surface area contributed by atoms with Gasteiger partial charge >= 0.3 is 0 Å². The van der Waals surface area contributed by atoms with Crippen LogP contribution in [-0.2, 0) is 105 Å². The van der Waals surface area contributed by atoms with Crippen LogP contribution in [0.4, 0.5) is 0 Å². The zero-order valence-corrected chi connectivity index (χ0v) is 71.1. The SMILES string of the molecule is CCCCCCCC[C@H](NC(=O)[C@@H]1CCCN1C(=O)CCOCCOCCOCCOCCOCCOCCOCCOCCOCCOCCOCCOC)C(=O)N[C@@H](C=C(C)C)C(=O)NC(C)(C)C(=O)N[C@@H](CC(C)C)C(=O)N[C@@H](CC(C)C)C(=O)NC(C)(C)C(=O)NC(C)(C)C(=O)NCCC(=O)N[C@@H](C)CN(C)C. The lowest BCUT2D eigenvalue weighted by atomic mass is 9.96. The minimum Gasteiger partial charge on any atom is -0.382 e. The molecule has 0 aromatic rings. The van der Waals surface area contributed by atoms with Crippen LogP contribution in [0, 0.1) is 11.8 Å². The number of likely N-dealkylation sites (N-methyl/N-ethyl adjacent to an activating group) is 1. The lowest BCUT2D eigenvalue weighted by Gasteiger charge is -2.33. The Kier molecular flexibility index (Phi) is 56.9. The monoisotopic (exact) mass is 1600 g/mol. The highest BCUT2D eigenvalue weighted by molar-refractivity contribution is 6.00. The Bertz CT molecular complexity index is 2690. The van der Waals surface area contributed by atoms with Crippen LogP contribution in [-0.4, -0.2) is 315 Å². The summed E-state index contributed by atoms with van der Waals surface area (Å²) in [4.78, 5) is 143. The topological polar surface area (TPSA) is 396 Å². The number of unbranched alkanes of at least 4 members (excludes halogenated alkanes) is 5. The number of nitrogens with zero attached hydrogens (tertiary/aromatic N) is 2. The molecule has 112 heavy (non-hydrogen) atoms. The van der Waals surface area contributed by atoms with Gasteiger partial charge in [-0.05, 0) is 120 Å². The van der Waals surface area contributed by atoms with Crippen molar-refractivity contribution < 1.29 is 105 Å². The molecule has 0 spiro atoms. The Morgan fingerprint density at radius 1 is 0.455 bits per heavy atom. The van der Waals surface area contributed by atoms with Crippen molar-refractivity contribution in [1.82, 2.24) is 57.7 Å². The fourth-order valence-corrected chi connectivity index (χ4v) is 11.4. The molecule has 0 bridgehead atoms. The van der Waals surface area contributed by atoms with E-state index >= 15 is 0 Å². The Morgan fingerprint density at radius 2 is 0.866 bits per heavy atom. The number of rotatable bonds is 69. The molecule has 1 heterocycles. The molecule has 1 aliphatic heterocycles. The van der Waals surface area contributed by atoms with Crippen molar-refractivity contribution in [2.24, 2.45) is 11.8 Å². The van der Waals surface area contributed by atoms with Crippen LogP contribution in [0.3, 0.4) is 0 Å². The maximum atomic E-state index is 14.5. The van der Waals surface area contributed by atoms with Crippen LogP contribution < -0.4 is 47.9 Å². The molecular formula is C79H147N11O22. The van der Waals surface area contributed by atoms with Crippen molar-refractivity contribution in [1.29, 1.82) is 0 Å². The summed E-state index contributed by atoms with van der Waals surface area (Å²) in [5.74, 6) is -6.08. The average Bonchev–Trinajstić information content (AvgIpc) is 1.34. The first-order valence-electron chi connectivity index (χ1n) is 40.4. The molecule has 0 radical (unpaired) electrons. The van der Waals surface area contributed by atoms with Gasteiger partial charge in [0.15, 0.2) is 0 Å². The van der Waals surface area contributed by atoms with E-state index in [1.165, 1.54) is 52.5 Å². The Hall–Kier alpha value is -6.08. The van der Waals surface area contributed by atoms with E-state index in [0.717, 1.165) is 32.1 Å². The molecule has 1 aliphatic rings. The number of methoxy groups -OCH3 is 1. The van der Waals surface area contributed by atoms with Crippen LogP contribution in [0.5, 0.6) is 0 Å². The van der Waals surface area contributed by atoms with Gasteiger partial charge in [-0.3, -0.25) is 47.9 Å². The number of carbonyl (C=O) groups excluding carboxylic acids is 10. The third-order valence-corrected chi connectivity index (χ3v) is 17.4. The molecule has 0 saturated carbocycles. The van der Waals surface area contributed by atoms with Crippen molar-refractivity contribution in [3.8, 4) is 0 Å². The first-order chi connectivity index (χ1) is 53.2. The van der Waals surface area contributed by atoms with Gasteiger partial charge < -0.3 is 114 Å². The lowest BCUT2D eigenvalue weighted by Crippen LogP contribution is -2.65. The number of ether oxygens (including phenoxy) is 12. The summed E-state index contributed by atoms with van der Waals surface area (Å²) in [6, 6.07) is -5.73. The standard InChI is InChI=1S/C79H147N11O22/c1-18-19-20-21-22-23-25-62(82-73(97)66-26-24-30-90(66)68(92)28-31-102-34-35-104-38-39-106-42-43-108-46-47-110-50-51-112-53-52-111-49-48-109-45-44-107-41-40-105-37-36-103-33-32-101-17)69(93)83-64(55-59(4)5)71(95)86-78(11,12)75(99)85-63(54-58(2)3)70(94)84-65(56-60(6)7)72(96)87-79(13,14)76(100)88-77(9,10)74(98)80-29-27-67(91)81-61(8)57-89(15)16/h55,58,60-66H,18-54,56-57H2,1-17H3,(H,80,98)(H,81,91)(H,82,97)(H,83,93)(H,84,94)(H,85,99)(H,86,95)(H,87,96)(H,88,100)/t61-,62-,63-,64-,65-,66-/m0/s1. The first-order valence-corrected chi connectivity index (χ1v) is 40.4. The van der Waals surface area contributed by atoms with Crippen LogP contribution in [0.25, 0.3) is 0 Å². The molecule has 650 valence electrons. The zero-order chi connectivity index (χ0) is 83.8. The van der Waals surface area contributed by atoms with E-state index in [-0.39, 0.29) is 88.2 Å². The second-order valence-electron chi connectivity index (χ2n) is 31.0. The molecule has 0 aromatic heterocycles. The van der Waals surface area contributed by atoms with E-state index in [0.29, 0.717) is 170 Å². The summed E-state index contributed by atoms with van der Waals surface area (Å²) >= 11 is 0. The highest BCUT2D eigenvalue weighted by atomic mass is 16.6. The van der Waals surface area contributed by atoms with E-state index in [4.69, 9.17) is 56.8 Å². The summed E-state index contributed by atoms with van der Waals surface area (Å²) in [6.45, 7) is 34.5. The number of hydrogen-bond acceptors (Lipinski definition) is 23. The quantitative estimate of drug-likeness (QED) is 0.0312. The van der Waals surface area contributed by atoms with Gasteiger partial charge in [-0.15, -0.1) is 0 Å². The highest BCUT2D eigenvalue weighted by Crippen LogP contribution is 2.21. The Morgan fingerprint density at radius 3 is 1.31 bits per heavy atom. The van der Waals surface area contributed by atoms with E-state index in [1.807, 2.05) is 53.6 Å². The number of allylic oxidation sites excluding steroid dienone is 1. The van der Waals surface area contributed by atoms with E-state index in [1.54, 1.807) is 21.0 Å². The molecule has 1 rings (SSSR count). The summed E-state index contributed by atoms with van der Waals surface area (Å²) in [5.41, 5.74) is -4.10. The third-order valence-electron chi connectivity index (χ3n) is 17.4. The summed E-state index contributed by atoms with van der Waals surface area (Å²) < 4.78 is 65.7. The molecule has 10 amide bonds. The van der Waals surface area contributed by atoms with Crippen LogP contribution in [0.1, 0.15) is 180 Å². The van der Waals surface area contributed by atoms with Crippen molar-refractivity contribution in [2.45, 2.75) is 233 Å². The maximum Gasteiger partial charge on any atom is 0.247 e.